The molecule has 0 amide bonds. The normalized spacial score (nSPS) is 26.4. The minimum atomic E-state index is -0.338. The van der Waals surface area contributed by atoms with Crippen LogP contribution in [0.1, 0.15) is 58.6 Å². The molecule has 1 aromatic heterocycles. The van der Waals surface area contributed by atoms with E-state index in [0.29, 0.717) is 5.92 Å². The van der Waals surface area contributed by atoms with Crippen molar-refractivity contribution in [2.24, 2.45) is 0 Å². The SMILES string of the molecule is Cc1cc2c(s1)C1CCCCC1OC2c1cccc([N+](=O)[O-])c1. The Morgan fingerprint density at radius 2 is 2.09 bits per heavy atom. The number of aryl methyl sites for hydroxylation is 1. The van der Waals surface area contributed by atoms with Gasteiger partial charge in [0.05, 0.1) is 11.0 Å². The minimum absolute atomic E-state index is 0.130. The highest BCUT2D eigenvalue weighted by molar-refractivity contribution is 7.12. The largest absolute Gasteiger partial charge is 0.365 e. The molecule has 0 saturated heterocycles. The Labute approximate surface area is 139 Å². The first-order valence-corrected chi connectivity index (χ1v) is 8.95. The number of ether oxygens (including phenoxy) is 1. The molecule has 4 rings (SSSR count). The predicted octanol–water partition coefficient (Wildman–Crippen LogP) is 5.11. The van der Waals surface area contributed by atoms with Gasteiger partial charge in [-0.15, -0.1) is 11.3 Å². The highest BCUT2D eigenvalue weighted by Gasteiger charge is 2.39. The minimum Gasteiger partial charge on any atom is -0.365 e. The molecule has 1 aromatic carbocycles. The third-order valence-corrected chi connectivity index (χ3v) is 6.13. The first kappa shape index (κ1) is 14.8. The van der Waals surface area contributed by atoms with Crippen LogP contribution < -0.4 is 0 Å². The molecule has 1 aliphatic carbocycles. The van der Waals surface area contributed by atoms with Crippen LogP contribution in [-0.2, 0) is 4.74 Å². The second-order valence-electron chi connectivity index (χ2n) is 6.47. The van der Waals surface area contributed by atoms with Crippen LogP contribution in [-0.4, -0.2) is 11.0 Å². The summed E-state index contributed by atoms with van der Waals surface area (Å²) in [5.74, 6) is 0.507. The summed E-state index contributed by atoms with van der Waals surface area (Å²) >= 11 is 1.87. The summed E-state index contributed by atoms with van der Waals surface area (Å²) in [6.07, 6.45) is 4.84. The van der Waals surface area contributed by atoms with E-state index < -0.39 is 0 Å². The van der Waals surface area contributed by atoms with Crippen molar-refractivity contribution in [2.75, 3.05) is 0 Å². The lowest BCUT2D eigenvalue weighted by molar-refractivity contribution is -0.385. The van der Waals surface area contributed by atoms with Gasteiger partial charge >= 0.3 is 0 Å². The van der Waals surface area contributed by atoms with E-state index in [1.54, 1.807) is 12.1 Å². The van der Waals surface area contributed by atoms with Gasteiger partial charge in [0.15, 0.2) is 0 Å². The van der Waals surface area contributed by atoms with Gasteiger partial charge in [0.1, 0.15) is 6.10 Å². The summed E-state index contributed by atoms with van der Waals surface area (Å²) in [7, 11) is 0. The molecule has 1 fully saturated rings. The molecule has 2 aliphatic rings. The number of hydrogen-bond donors (Lipinski definition) is 0. The number of thiophene rings is 1. The van der Waals surface area contributed by atoms with E-state index >= 15 is 0 Å². The van der Waals surface area contributed by atoms with Crippen molar-refractivity contribution in [3.05, 3.63) is 61.3 Å². The van der Waals surface area contributed by atoms with Gasteiger partial charge in [-0.05, 0) is 37.0 Å². The standard InChI is InChI=1S/C18H19NO3S/c1-11-9-15-17(12-5-4-6-13(10-12)19(20)21)22-16-8-3-2-7-14(16)18(15)23-11/h4-6,9-10,14,16-17H,2-3,7-8H2,1H3. The lowest BCUT2D eigenvalue weighted by Crippen LogP contribution is -2.32. The second-order valence-corrected chi connectivity index (χ2v) is 7.76. The molecule has 2 aromatic rings. The fraction of sp³-hybridized carbons (Fsp3) is 0.444. The Hall–Kier alpha value is -1.72. The van der Waals surface area contributed by atoms with Crippen LogP contribution in [0.3, 0.4) is 0 Å². The molecule has 2 heterocycles. The molecule has 1 aliphatic heterocycles. The van der Waals surface area contributed by atoms with Crippen molar-refractivity contribution in [3.63, 3.8) is 0 Å². The molecule has 3 unspecified atom stereocenters. The quantitative estimate of drug-likeness (QED) is 0.568. The van der Waals surface area contributed by atoms with Crippen molar-refractivity contribution in [1.29, 1.82) is 0 Å². The first-order valence-electron chi connectivity index (χ1n) is 8.13. The number of benzene rings is 1. The van der Waals surface area contributed by atoms with Gasteiger partial charge in [-0.25, -0.2) is 0 Å². The first-order chi connectivity index (χ1) is 11.1. The Bertz CT molecular complexity index is 754. The molecule has 1 saturated carbocycles. The van der Waals surface area contributed by atoms with Gasteiger partial charge < -0.3 is 4.74 Å². The third-order valence-electron chi connectivity index (χ3n) is 4.93. The van der Waals surface area contributed by atoms with Gasteiger partial charge in [-0.3, -0.25) is 10.1 Å². The van der Waals surface area contributed by atoms with Crippen LogP contribution in [0.2, 0.25) is 0 Å². The zero-order valence-corrected chi connectivity index (χ0v) is 13.8. The summed E-state index contributed by atoms with van der Waals surface area (Å²) < 4.78 is 6.44. The maximum atomic E-state index is 11.1. The predicted molar refractivity (Wildman–Crippen MR) is 90.1 cm³/mol. The van der Waals surface area contributed by atoms with Crippen LogP contribution in [0.4, 0.5) is 5.69 Å². The van der Waals surface area contributed by atoms with E-state index in [4.69, 9.17) is 4.74 Å². The molecular weight excluding hydrogens is 310 g/mol. The van der Waals surface area contributed by atoms with Crippen molar-refractivity contribution in [2.45, 2.75) is 50.7 Å². The van der Waals surface area contributed by atoms with Crippen molar-refractivity contribution in [3.8, 4) is 0 Å². The van der Waals surface area contributed by atoms with Gasteiger partial charge in [0.25, 0.3) is 5.69 Å². The molecule has 3 atom stereocenters. The lowest BCUT2D eigenvalue weighted by atomic mass is 9.80. The number of non-ortho nitro benzene ring substituents is 1. The van der Waals surface area contributed by atoms with E-state index in [-0.39, 0.29) is 22.8 Å². The molecule has 0 spiro atoms. The average molecular weight is 329 g/mol. The third kappa shape index (κ3) is 2.58. The monoisotopic (exact) mass is 329 g/mol. The Balaban J connectivity index is 1.79. The highest BCUT2D eigenvalue weighted by atomic mass is 32.1. The molecular formula is C18H19NO3S. The van der Waals surface area contributed by atoms with E-state index in [1.807, 2.05) is 17.4 Å². The Morgan fingerprint density at radius 3 is 2.91 bits per heavy atom. The number of fused-ring (bicyclic) bond motifs is 3. The lowest BCUT2D eigenvalue weighted by Gasteiger charge is -2.39. The second kappa shape index (κ2) is 5.73. The zero-order chi connectivity index (χ0) is 16.0. The number of hydrogen-bond acceptors (Lipinski definition) is 4. The van der Waals surface area contributed by atoms with Crippen molar-refractivity contribution < 1.29 is 9.66 Å². The number of nitro groups is 1. The molecule has 23 heavy (non-hydrogen) atoms. The number of nitrogens with zero attached hydrogens (tertiary/aromatic N) is 1. The van der Waals surface area contributed by atoms with Crippen LogP contribution in [0.25, 0.3) is 0 Å². The smallest absolute Gasteiger partial charge is 0.269 e. The molecule has 0 N–H and O–H groups in total. The van der Waals surface area contributed by atoms with E-state index in [9.17, 15) is 10.1 Å². The van der Waals surface area contributed by atoms with E-state index in [0.717, 1.165) is 12.0 Å². The summed E-state index contributed by atoms with van der Waals surface area (Å²) in [4.78, 5) is 13.5. The maximum Gasteiger partial charge on any atom is 0.269 e. The van der Waals surface area contributed by atoms with Gasteiger partial charge in [0.2, 0.25) is 0 Å². The zero-order valence-electron chi connectivity index (χ0n) is 13.0. The topological polar surface area (TPSA) is 52.4 Å². The summed E-state index contributed by atoms with van der Waals surface area (Å²) in [6.45, 7) is 2.13. The van der Waals surface area contributed by atoms with Gasteiger partial charge in [-0.1, -0.05) is 25.0 Å². The van der Waals surface area contributed by atoms with Gasteiger partial charge in [0, 0.05) is 27.8 Å². The summed E-state index contributed by atoms with van der Waals surface area (Å²) in [6, 6.07) is 9.09. The molecule has 0 radical (unpaired) electrons. The van der Waals surface area contributed by atoms with Gasteiger partial charge in [-0.2, -0.15) is 0 Å². The summed E-state index contributed by atoms with van der Waals surface area (Å²) in [5.41, 5.74) is 2.24. The molecule has 0 bridgehead atoms. The average Bonchev–Trinajstić information content (AvgIpc) is 2.96. The Morgan fingerprint density at radius 1 is 1.26 bits per heavy atom. The maximum absolute atomic E-state index is 11.1. The fourth-order valence-electron chi connectivity index (χ4n) is 3.91. The van der Waals surface area contributed by atoms with Crippen molar-refractivity contribution >= 4 is 17.0 Å². The fourth-order valence-corrected chi connectivity index (χ4v) is 5.15. The van der Waals surface area contributed by atoms with E-state index in [1.165, 1.54) is 40.6 Å². The highest BCUT2D eigenvalue weighted by Crippen LogP contribution is 2.50. The van der Waals surface area contributed by atoms with Crippen LogP contribution >= 0.6 is 11.3 Å². The molecule has 4 nitrogen and oxygen atoms in total. The van der Waals surface area contributed by atoms with Crippen LogP contribution in [0, 0.1) is 17.0 Å². The van der Waals surface area contributed by atoms with Crippen LogP contribution in [0.15, 0.2) is 30.3 Å². The molecule has 5 heteroatoms. The summed E-state index contributed by atoms with van der Waals surface area (Å²) in [5, 5.41) is 11.1. The van der Waals surface area contributed by atoms with Crippen LogP contribution in [0.5, 0.6) is 0 Å². The molecule has 120 valence electrons. The number of nitro benzene ring substituents is 1. The van der Waals surface area contributed by atoms with E-state index in [2.05, 4.69) is 13.0 Å². The Kier molecular flexibility index (Phi) is 3.70. The number of rotatable bonds is 2. The van der Waals surface area contributed by atoms with Crippen molar-refractivity contribution in [1.82, 2.24) is 0 Å².